The van der Waals surface area contributed by atoms with Crippen LogP contribution in [-0.4, -0.2) is 40.7 Å². The topological polar surface area (TPSA) is 121 Å². The molecule has 1 saturated heterocycles. The molecule has 9 heteroatoms. The normalized spacial score (nSPS) is 15.8. The monoisotopic (exact) mass is 350 g/mol. The van der Waals surface area contributed by atoms with E-state index in [1.54, 1.807) is 0 Å². The van der Waals surface area contributed by atoms with Crippen LogP contribution in [0.3, 0.4) is 0 Å². The van der Waals surface area contributed by atoms with E-state index >= 15 is 0 Å². The Hall–Kier alpha value is -2.84. The number of rotatable bonds is 7. The Balaban J connectivity index is 1.94. The van der Waals surface area contributed by atoms with Crippen molar-refractivity contribution >= 4 is 23.8 Å². The van der Waals surface area contributed by atoms with Crippen LogP contribution in [0.1, 0.15) is 50.1 Å². The molecule has 136 valence electrons. The number of carbonyl (C=O) groups is 4. The average Bonchev–Trinajstić information content (AvgIpc) is 3.17. The molecule has 1 aromatic heterocycles. The van der Waals surface area contributed by atoms with Crippen LogP contribution in [0.25, 0.3) is 0 Å². The molecule has 2 rings (SSSR count). The first-order valence-electron chi connectivity index (χ1n) is 8.20. The second-order valence-electron chi connectivity index (χ2n) is 5.88. The van der Waals surface area contributed by atoms with E-state index in [-0.39, 0.29) is 5.76 Å². The van der Waals surface area contributed by atoms with Crippen molar-refractivity contribution in [3.8, 4) is 0 Å². The first kappa shape index (κ1) is 18.5. The Morgan fingerprint density at radius 3 is 2.44 bits per heavy atom. The lowest BCUT2D eigenvalue weighted by Crippen LogP contribution is -2.49. The molecule has 0 aliphatic carbocycles. The molecule has 0 atom stereocenters. The minimum atomic E-state index is -0.946. The smallest absolute Gasteiger partial charge is 0.325 e. The fraction of sp³-hybridized carbons (Fsp3) is 0.500. The molecule has 1 aromatic rings. The maximum atomic E-state index is 12.6. The zero-order valence-electron chi connectivity index (χ0n) is 14.3. The fourth-order valence-electron chi connectivity index (χ4n) is 2.92. The molecule has 0 bridgehead atoms. The first-order valence-corrected chi connectivity index (χ1v) is 8.20. The van der Waals surface area contributed by atoms with Gasteiger partial charge in [0.2, 0.25) is 0 Å². The number of urea groups is 1. The Kier molecular flexibility index (Phi) is 5.79. The first-order chi connectivity index (χ1) is 11.9. The van der Waals surface area contributed by atoms with Gasteiger partial charge in [0, 0.05) is 0 Å². The summed E-state index contributed by atoms with van der Waals surface area (Å²) in [6.07, 6.45) is 3.80. The van der Waals surface area contributed by atoms with E-state index in [0.717, 1.165) is 17.7 Å². The van der Waals surface area contributed by atoms with Gasteiger partial charge in [0.15, 0.2) is 5.76 Å². The SMILES string of the molecule is CCCC1(CCC)NC(=O)N(CC(=O)NNC(=O)c2ccco2)C1=O. The van der Waals surface area contributed by atoms with Crippen LogP contribution in [0.15, 0.2) is 22.8 Å². The number of hydrogen-bond donors (Lipinski definition) is 3. The Morgan fingerprint density at radius 1 is 1.20 bits per heavy atom. The van der Waals surface area contributed by atoms with Crippen molar-refractivity contribution in [3.05, 3.63) is 24.2 Å². The van der Waals surface area contributed by atoms with Crippen LogP contribution in [0.2, 0.25) is 0 Å². The van der Waals surface area contributed by atoms with Crippen molar-refractivity contribution in [2.45, 2.75) is 45.1 Å². The van der Waals surface area contributed by atoms with Gasteiger partial charge in [-0.05, 0) is 25.0 Å². The van der Waals surface area contributed by atoms with E-state index in [1.165, 1.54) is 18.4 Å². The second-order valence-corrected chi connectivity index (χ2v) is 5.88. The predicted molar refractivity (Wildman–Crippen MR) is 87.1 cm³/mol. The fourth-order valence-corrected chi connectivity index (χ4v) is 2.92. The zero-order valence-corrected chi connectivity index (χ0v) is 14.3. The summed E-state index contributed by atoms with van der Waals surface area (Å²) in [6.45, 7) is 3.38. The van der Waals surface area contributed by atoms with E-state index in [1.807, 2.05) is 13.8 Å². The second kappa shape index (κ2) is 7.82. The summed E-state index contributed by atoms with van der Waals surface area (Å²) in [7, 11) is 0. The summed E-state index contributed by atoms with van der Waals surface area (Å²) >= 11 is 0. The maximum Gasteiger partial charge on any atom is 0.325 e. The molecule has 1 aliphatic rings. The highest BCUT2D eigenvalue weighted by atomic mass is 16.3. The summed E-state index contributed by atoms with van der Waals surface area (Å²) in [6, 6.07) is 2.37. The van der Waals surface area contributed by atoms with Crippen LogP contribution in [-0.2, 0) is 9.59 Å². The van der Waals surface area contributed by atoms with E-state index < -0.39 is 35.8 Å². The van der Waals surface area contributed by atoms with E-state index in [4.69, 9.17) is 4.42 Å². The van der Waals surface area contributed by atoms with Gasteiger partial charge in [-0.3, -0.25) is 30.1 Å². The number of imide groups is 1. The molecule has 0 radical (unpaired) electrons. The highest BCUT2D eigenvalue weighted by molar-refractivity contribution is 6.09. The van der Waals surface area contributed by atoms with Crippen LogP contribution in [0, 0.1) is 0 Å². The Morgan fingerprint density at radius 2 is 1.88 bits per heavy atom. The molecule has 0 saturated carbocycles. The third-order valence-electron chi connectivity index (χ3n) is 3.96. The lowest BCUT2D eigenvalue weighted by molar-refractivity contribution is -0.135. The molecule has 1 aliphatic heterocycles. The highest BCUT2D eigenvalue weighted by Gasteiger charge is 2.50. The van der Waals surface area contributed by atoms with Crippen LogP contribution < -0.4 is 16.2 Å². The molecule has 9 nitrogen and oxygen atoms in total. The van der Waals surface area contributed by atoms with Crippen LogP contribution in [0.4, 0.5) is 4.79 Å². The number of nitrogens with zero attached hydrogens (tertiary/aromatic N) is 1. The lowest BCUT2D eigenvalue weighted by atomic mass is 9.88. The van der Waals surface area contributed by atoms with Crippen molar-refractivity contribution in [2.24, 2.45) is 0 Å². The van der Waals surface area contributed by atoms with Crippen molar-refractivity contribution in [1.82, 2.24) is 21.1 Å². The summed E-state index contributed by atoms with van der Waals surface area (Å²) in [5.41, 5.74) is 3.37. The number of carbonyl (C=O) groups excluding carboxylic acids is 4. The van der Waals surface area contributed by atoms with Gasteiger partial charge in [0.1, 0.15) is 12.1 Å². The molecule has 1 fully saturated rings. The zero-order chi connectivity index (χ0) is 18.4. The van der Waals surface area contributed by atoms with Gasteiger partial charge in [0.25, 0.3) is 11.8 Å². The van der Waals surface area contributed by atoms with Crippen LogP contribution in [0.5, 0.6) is 0 Å². The molecule has 3 N–H and O–H groups in total. The molecule has 0 spiro atoms. The molecule has 0 aromatic carbocycles. The maximum absolute atomic E-state index is 12.6. The largest absolute Gasteiger partial charge is 0.459 e. The molecule has 2 heterocycles. The Bertz CT molecular complexity index is 649. The summed E-state index contributed by atoms with van der Waals surface area (Å²) in [5, 5.41) is 2.72. The summed E-state index contributed by atoms with van der Waals surface area (Å²) in [4.78, 5) is 49.3. The third kappa shape index (κ3) is 3.98. The minimum Gasteiger partial charge on any atom is -0.459 e. The number of nitrogens with one attached hydrogen (secondary N) is 3. The lowest BCUT2D eigenvalue weighted by Gasteiger charge is -2.25. The van der Waals surface area contributed by atoms with Crippen molar-refractivity contribution in [3.63, 3.8) is 0 Å². The molecule has 25 heavy (non-hydrogen) atoms. The van der Waals surface area contributed by atoms with Gasteiger partial charge < -0.3 is 9.73 Å². The molecular formula is C16H22N4O5. The summed E-state index contributed by atoms with van der Waals surface area (Å²) < 4.78 is 4.88. The van der Waals surface area contributed by atoms with Gasteiger partial charge in [-0.15, -0.1) is 0 Å². The quantitative estimate of drug-likeness (QED) is 0.499. The summed E-state index contributed by atoms with van der Waals surface area (Å²) in [5.74, 6) is -1.71. The average molecular weight is 350 g/mol. The van der Waals surface area contributed by atoms with Crippen LogP contribution >= 0.6 is 0 Å². The Labute approximate surface area is 145 Å². The standard InChI is InChI=1S/C16H22N4O5/c1-3-7-16(8-4-2)14(23)20(15(24)17-16)10-12(21)18-19-13(22)11-6-5-9-25-11/h5-6,9H,3-4,7-8,10H2,1-2H3,(H,17,24)(H,18,21)(H,19,22). The number of furan rings is 1. The third-order valence-corrected chi connectivity index (χ3v) is 3.96. The van der Waals surface area contributed by atoms with E-state index in [2.05, 4.69) is 16.2 Å². The number of amides is 5. The minimum absolute atomic E-state index is 0.0280. The van der Waals surface area contributed by atoms with Crippen molar-refractivity contribution in [2.75, 3.05) is 6.54 Å². The van der Waals surface area contributed by atoms with E-state index in [9.17, 15) is 19.2 Å². The van der Waals surface area contributed by atoms with Gasteiger partial charge in [-0.1, -0.05) is 26.7 Å². The van der Waals surface area contributed by atoms with Gasteiger partial charge in [-0.2, -0.15) is 0 Å². The number of hydrazine groups is 1. The van der Waals surface area contributed by atoms with E-state index in [0.29, 0.717) is 12.8 Å². The molecule has 0 unspecified atom stereocenters. The van der Waals surface area contributed by atoms with Crippen molar-refractivity contribution < 1.29 is 23.6 Å². The van der Waals surface area contributed by atoms with Crippen molar-refractivity contribution in [1.29, 1.82) is 0 Å². The molecule has 5 amide bonds. The van der Waals surface area contributed by atoms with Gasteiger partial charge in [0.05, 0.1) is 6.26 Å². The number of hydrogen-bond acceptors (Lipinski definition) is 5. The van der Waals surface area contributed by atoms with Gasteiger partial charge in [-0.25, -0.2) is 4.79 Å². The molecular weight excluding hydrogens is 328 g/mol. The van der Waals surface area contributed by atoms with Gasteiger partial charge >= 0.3 is 11.9 Å². The highest BCUT2D eigenvalue weighted by Crippen LogP contribution is 2.27. The predicted octanol–water partition coefficient (Wildman–Crippen LogP) is 0.931.